The van der Waals surface area contributed by atoms with Crippen molar-refractivity contribution in [2.24, 2.45) is 11.8 Å². The normalized spacial score (nSPS) is 32.8. The fourth-order valence-electron chi connectivity index (χ4n) is 3.48. The minimum atomic E-state index is -1.45. The summed E-state index contributed by atoms with van der Waals surface area (Å²) >= 11 is 0. The highest BCUT2D eigenvalue weighted by molar-refractivity contribution is 6.05. The van der Waals surface area contributed by atoms with Gasteiger partial charge in [-0.25, -0.2) is 0 Å². The number of ketones is 3. The molecule has 4 unspecified atom stereocenters. The zero-order valence-electron chi connectivity index (χ0n) is 12.4. The topological polar surface area (TPSA) is 84.3 Å². The molecule has 1 aromatic rings. The summed E-state index contributed by atoms with van der Waals surface area (Å²) in [4.78, 5) is 40.3. The Balaban J connectivity index is 2.61. The van der Waals surface area contributed by atoms with Crippen LogP contribution in [0.25, 0.3) is 0 Å². The van der Waals surface area contributed by atoms with Gasteiger partial charge in [0.2, 0.25) is 0 Å². The largest absolute Gasteiger partial charge is 0.389 e. The Morgan fingerprint density at radius 2 is 2.00 bits per heavy atom. The summed E-state index contributed by atoms with van der Waals surface area (Å²) in [7, 11) is 0. The molecule has 21 heavy (non-hydrogen) atoms. The van der Waals surface area contributed by atoms with E-state index in [1.165, 1.54) is 20.8 Å². The van der Waals surface area contributed by atoms with Gasteiger partial charge in [-0.1, -0.05) is 6.07 Å². The van der Waals surface area contributed by atoms with E-state index in [9.17, 15) is 19.5 Å². The lowest BCUT2D eigenvalue weighted by molar-refractivity contribution is -0.151. The van der Waals surface area contributed by atoms with Gasteiger partial charge in [0.05, 0.1) is 17.4 Å². The third-order valence-electron chi connectivity index (χ3n) is 4.21. The molecule has 1 N–H and O–H groups in total. The van der Waals surface area contributed by atoms with Gasteiger partial charge in [-0.05, 0) is 32.4 Å². The van der Waals surface area contributed by atoms with Crippen LogP contribution in [-0.4, -0.2) is 33.0 Å². The molecule has 5 heteroatoms. The molecule has 0 saturated heterocycles. The lowest BCUT2D eigenvalue weighted by Crippen LogP contribution is -2.53. The maximum atomic E-state index is 12.3. The van der Waals surface area contributed by atoms with Crippen LogP contribution in [0, 0.1) is 11.8 Å². The second-order valence-corrected chi connectivity index (χ2v) is 5.99. The van der Waals surface area contributed by atoms with E-state index in [1.54, 1.807) is 24.5 Å². The number of nitrogens with zero attached hydrogens (tertiary/aromatic N) is 1. The molecule has 0 spiro atoms. The van der Waals surface area contributed by atoms with Crippen molar-refractivity contribution in [1.29, 1.82) is 0 Å². The summed E-state index contributed by atoms with van der Waals surface area (Å²) in [6.45, 7) is 4.22. The van der Waals surface area contributed by atoms with E-state index < -0.39 is 23.4 Å². The Hall–Kier alpha value is -1.88. The highest BCUT2D eigenvalue weighted by atomic mass is 16.3. The first-order chi connectivity index (χ1) is 9.75. The maximum absolute atomic E-state index is 12.3. The van der Waals surface area contributed by atoms with Crippen LogP contribution >= 0.6 is 0 Å². The third kappa shape index (κ3) is 2.78. The first-order valence-electron chi connectivity index (χ1n) is 6.91. The fraction of sp³-hybridized carbons (Fsp3) is 0.500. The van der Waals surface area contributed by atoms with Crippen LogP contribution in [0.2, 0.25) is 0 Å². The molecule has 0 bridgehead atoms. The van der Waals surface area contributed by atoms with Crippen molar-refractivity contribution < 1.29 is 19.5 Å². The van der Waals surface area contributed by atoms with Crippen LogP contribution in [0.4, 0.5) is 0 Å². The standard InChI is InChI=1S/C16H19NO4/c1-9(18)13-12(20)7-16(3,21)15(10(2)19)14(13)11-5-4-6-17-8-11/h4-6,8,13-15,21H,7H2,1-3H3. The van der Waals surface area contributed by atoms with Crippen molar-refractivity contribution in [2.45, 2.75) is 38.7 Å². The predicted octanol–water partition coefficient (Wildman–Crippen LogP) is 1.30. The molecule has 1 aliphatic rings. The average molecular weight is 289 g/mol. The summed E-state index contributed by atoms with van der Waals surface area (Å²) in [5.74, 6) is -3.19. The van der Waals surface area contributed by atoms with E-state index in [4.69, 9.17) is 0 Å². The van der Waals surface area contributed by atoms with E-state index in [1.807, 2.05) is 0 Å². The highest BCUT2D eigenvalue weighted by Crippen LogP contribution is 2.46. The Morgan fingerprint density at radius 1 is 1.33 bits per heavy atom. The number of Topliss-reactive ketones (excluding diaryl/α,β-unsaturated/α-hetero) is 3. The zero-order valence-corrected chi connectivity index (χ0v) is 12.4. The molecular formula is C16H19NO4. The number of hydrogen-bond donors (Lipinski definition) is 1. The van der Waals surface area contributed by atoms with Gasteiger partial charge in [-0.3, -0.25) is 19.4 Å². The van der Waals surface area contributed by atoms with Crippen molar-refractivity contribution in [2.75, 3.05) is 0 Å². The van der Waals surface area contributed by atoms with Crippen LogP contribution in [0.5, 0.6) is 0 Å². The van der Waals surface area contributed by atoms with Crippen molar-refractivity contribution in [1.82, 2.24) is 4.98 Å². The van der Waals surface area contributed by atoms with Crippen LogP contribution in [-0.2, 0) is 14.4 Å². The minimum Gasteiger partial charge on any atom is -0.389 e. The van der Waals surface area contributed by atoms with E-state index in [-0.39, 0.29) is 23.8 Å². The smallest absolute Gasteiger partial charge is 0.146 e. The van der Waals surface area contributed by atoms with Gasteiger partial charge in [-0.15, -0.1) is 0 Å². The van der Waals surface area contributed by atoms with E-state index in [0.29, 0.717) is 5.56 Å². The predicted molar refractivity (Wildman–Crippen MR) is 75.6 cm³/mol. The number of hydrogen-bond acceptors (Lipinski definition) is 5. The molecule has 2 rings (SSSR count). The molecule has 0 amide bonds. The zero-order chi connectivity index (χ0) is 15.8. The second kappa shape index (κ2) is 5.48. The molecular weight excluding hydrogens is 270 g/mol. The molecule has 1 aliphatic carbocycles. The van der Waals surface area contributed by atoms with Gasteiger partial charge in [0.25, 0.3) is 0 Å². The molecule has 0 aliphatic heterocycles. The quantitative estimate of drug-likeness (QED) is 0.848. The van der Waals surface area contributed by atoms with E-state index >= 15 is 0 Å². The number of aliphatic hydroxyl groups is 1. The van der Waals surface area contributed by atoms with Crippen molar-refractivity contribution >= 4 is 17.3 Å². The van der Waals surface area contributed by atoms with Gasteiger partial charge < -0.3 is 5.11 Å². The fourth-order valence-corrected chi connectivity index (χ4v) is 3.48. The molecule has 5 nitrogen and oxygen atoms in total. The summed E-state index contributed by atoms with van der Waals surface area (Å²) in [6, 6.07) is 3.43. The first-order valence-corrected chi connectivity index (χ1v) is 6.91. The monoisotopic (exact) mass is 289 g/mol. The number of carbonyl (C=O) groups is 3. The van der Waals surface area contributed by atoms with Gasteiger partial charge >= 0.3 is 0 Å². The van der Waals surface area contributed by atoms with Crippen LogP contribution in [0.15, 0.2) is 24.5 Å². The molecule has 1 saturated carbocycles. The number of aromatic nitrogens is 1. The van der Waals surface area contributed by atoms with E-state index in [0.717, 1.165) is 0 Å². The molecule has 4 atom stereocenters. The Bertz CT molecular complexity index is 579. The average Bonchev–Trinajstić information content (AvgIpc) is 2.36. The highest BCUT2D eigenvalue weighted by Gasteiger charge is 2.53. The summed E-state index contributed by atoms with van der Waals surface area (Å²) in [6.07, 6.45) is 2.95. The summed E-state index contributed by atoms with van der Waals surface area (Å²) in [5.41, 5.74) is -0.818. The third-order valence-corrected chi connectivity index (χ3v) is 4.21. The molecule has 1 aromatic heterocycles. The van der Waals surface area contributed by atoms with Crippen molar-refractivity contribution in [3.8, 4) is 0 Å². The molecule has 112 valence electrons. The van der Waals surface area contributed by atoms with Gasteiger partial charge in [0.15, 0.2) is 0 Å². The second-order valence-electron chi connectivity index (χ2n) is 5.99. The first kappa shape index (κ1) is 15.5. The Kier molecular flexibility index (Phi) is 4.05. The van der Waals surface area contributed by atoms with Crippen LogP contribution in [0.3, 0.4) is 0 Å². The number of carbonyl (C=O) groups excluding carboxylic acids is 3. The summed E-state index contributed by atoms with van der Waals surface area (Å²) < 4.78 is 0. The number of rotatable bonds is 3. The van der Waals surface area contributed by atoms with Crippen LogP contribution < -0.4 is 0 Å². The lowest BCUT2D eigenvalue weighted by Gasteiger charge is -2.44. The molecule has 1 fully saturated rings. The molecule has 0 radical (unpaired) electrons. The Morgan fingerprint density at radius 3 is 2.48 bits per heavy atom. The molecule has 0 aromatic carbocycles. The number of pyridine rings is 1. The van der Waals surface area contributed by atoms with Crippen LogP contribution in [0.1, 0.15) is 38.7 Å². The van der Waals surface area contributed by atoms with E-state index in [2.05, 4.69) is 4.98 Å². The molecule has 1 heterocycles. The Labute approximate surface area is 123 Å². The minimum absolute atomic E-state index is 0.182. The van der Waals surface area contributed by atoms with Crippen molar-refractivity contribution in [3.05, 3.63) is 30.1 Å². The maximum Gasteiger partial charge on any atom is 0.146 e. The van der Waals surface area contributed by atoms with Gasteiger partial charge in [-0.2, -0.15) is 0 Å². The summed E-state index contributed by atoms with van der Waals surface area (Å²) in [5, 5.41) is 10.5. The van der Waals surface area contributed by atoms with Gasteiger partial charge in [0, 0.05) is 24.7 Å². The van der Waals surface area contributed by atoms with Gasteiger partial charge in [0.1, 0.15) is 17.3 Å². The SMILES string of the molecule is CC(=O)C1C(=O)CC(C)(O)C(C(C)=O)C1c1cccnc1. The lowest BCUT2D eigenvalue weighted by atomic mass is 9.60. The van der Waals surface area contributed by atoms with Crippen molar-refractivity contribution in [3.63, 3.8) is 0 Å².